The minimum absolute atomic E-state index is 0.385. The van der Waals surface area contributed by atoms with Gasteiger partial charge in [-0.1, -0.05) is 0 Å². The number of morpholine rings is 1. The molecule has 1 aliphatic heterocycles. The van der Waals surface area contributed by atoms with Crippen molar-refractivity contribution in [3.05, 3.63) is 0 Å². The predicted molar refractivity (Wildman–Crippen MR) is 60.9 cm³/mol. The first-order chi connectivity index (χ1) is 7.29. The maximum Gasteiger partial charge on any atom is 0.0829 e. The number of hydrogen-bond donors (Lipinski definition) is 1. The van der Waals surface area contributed by atoms with E-state index in [0.717, 1.165) is 45.4 Å². The van der Waals surface area contributed by atoms with Crippen LogP contribution in [0.3, 0.4) is 0 Å². The van der Waals surface area contributed by atoms with Crippen molar-refractivity contribution in [1.82, 2.24) is 9.80 Å². The summed E-state index contributed by atoms with van der Waals surface area (Å²) in [5, 5.41) is 0. The molecule has 1 saturated heterocycles. The number of nitrogens with two attached hydrogens (primary N) is 1. The summed E-state index contributed by atoms with van der Waals surface area (Å²) in [7, 11) is 2.17. The zero-order chi connectivity index (χ0) is 10.7. The molecular weight excluding hydrogens is 190 g/mol. The summed E-state index contributed by atoms with van der Waals surface area (Å²) in [6.45, 7) is 5.85. The highest BCUT2D eigenvalue weighted by molar-refractivity contribution is 4.87. The lowest BCUT2D eigenvalue weighted by Crippen LogP contribution is -2.47. The maximum absolute atomic E-state index is 5.78. The Hall–Kier alpha value is -0.160. The van der Waals surface area contributed by atoms with E-state index in [0.29, 0.717) is 6.10 Å². The Morgan fingerprint density at radius 3 is 2.87 bits per heavy atom. The van der Waals surface area contributed by atoms with Gasteiger partial charge >= 0.3 is 0 Å². The van der Waals surface area contributed by atoms with Gasteiger partial charge in [0.05, 0.1) is 12.7 Å². The van der Waals surface area contributed by atoms with Crippen LogP contribution in [0.5, 0.6) is 0 Å². The van der Waals surface area contributed by atoms with Gasteiger partial charge in [-0.05, 0) is 19.9 Å². The molecule has 1 aliphatic carbocycles. The second-order valence-electron chi connectivity index (χ2n) is 4.77. The van der Waals surface area contributed by atoms with E-state index in [-0.39, 0.29) is 0 Å². The average molecular weight is 213 g/mol. The topological polar surface area (TPSA) is 41.7 Å². The van der Waals surface area contributed by atoms with Gasteiger partial charge in [0, 0.05) is 38.8 Å². The maximum atomic E-state index is 5.78. The third-order valence-electron chi connectivity index (χ3n) is 3.26. The Bertz CT molecular complexity index is 196. The van der Waals surface area contributed by atoms with Crippen LogP contribution < -0.4 is 5.73 Å². The fourth-order valence-electron chi connectivity index (χ4n) is 2.27. The van der Waals surface area contributed by atoms with Crippen LogP contribution >= 0.6 is 0 Å². The van der Waals surface area contributed by atoms with Crippen molar-refractivity contribution in [3.8, 4) is 0 Å². The zero-order valence-corrected chi connectivity index (χ0v) is 9.69. The molecule has 2 N–H and O–H groups in total. The third-order valence-corrected chi connectivity index (χ3v) is 3.26. The van der Waals surface area contributed by atoms with E-state index >= 15 is 0 Å². The molecule has 2 rings (SSSR count). The quantitative estimate of drug-likeness (QED) is 0.683. The fourth-order valence-corrected chi connectivity index (χ4v) is 2.27. The van der Waals surface area contributed by atoms with Crippen LogP contribution in [-0.2, 0) is 4.74 Å². The molecule has 2 aliphatic rings. The zero-order valence-electron chi connectivity index (χ0n) is 9.69. The van der Waals surface area contributed by atoms with Gasteiger partial charge in [0.25, 0.3) is 0 Å². The molecule has 88 valence electrons. The number of ether oxygens (including phenoxy) is 1. The smallest absolute Gasteiger partial charge is 0.0829 e. The number of likely N-dealkylation sites (N-methyl/N-ethyl adjacent to an activating group) is 1. The largest absolute Gasteiger partial charge is 0.374 e. The first kappa shape index (κ1) is 11.3. The highest BCUT2D eigenvalue weighted by Gasteiger charge is 2.31. The third kappa shape index (κ3) is 3.41. The van der Waals surface area contributed by atoms with Crippen molar-refractivity contribution in [2.45, 2.75) is 25.0 Å². The van der Waals surface area contributed by atoms with Gasteiger partial charge in [0.2, 0.25) is 0 Å². The van der Waals surface area contributed by atoms with E-state index in [1.54, 1.807) is 0 Å². The Kier molecular flexibility index (Phi) is 3.97. The monoisotopic (exact) mass is 213 g/mol. The Morgan fingerprint density at radius 2 is 2.27 bits per heavy atom. The standard InChI is InChI=1S/C11H23N3O/c1-13-6-7-15-11(8-13)9-14(5-4-12)10-2-3-10/h10-11H,2-9,12H2,1H3. The molecule has 2 fully saturated rings. The van der Waals surface area contributed by atoms with Gasteiger partial charge < -0.3 is 15.4 Å². The minimum Gasteiger partial charge on any atom is -0.374 e. The van der Waals surface area contributed by atoms with Crippen LogP contribution in [0.25, 0.3) is 0 Å². The van der Waals surface area contributed by atoms with Gasteiger partial charge in [0.15, 0.2) is 0 Å². The molecule has 0 spiro atoms. The van der Waals surface area contributed by atoms with E-state index in [4.69, 9.17) is 10.5 Å². The number of rotatable bonds is 5. The molecule has 0 radical (unpaired) electrons. The summed E-state index contributed by atoms with van der Waals surface area (Å²) in [6, 6.07) is 0.796. The highest BCUT2D eigenvalue weighted by Crippen LogP contribution is 2.26. The SMILES string of the molecule is CN1CCOC(CN(CCN)C2CC2)C1. The molecule has 0 aromatic rings. The fraction of sp³-hybridized carbons (Fsp3) is 1.00. The lowest BCUT2D eigenvalue weighted by atomic mass is 10.2. The second kappa shape index (κ2) is 5.25. The molecule has 0 aromatic carbocycles. The minimum atomic E-state index is 0.385. The predicted octanol–water partition coefficient (Wildman–Crippen LogP) is -0.260. The summed E-state index contributed by atoms with van der Waals surface area (Å²) in [4.78, 5) is 4.85. The molecule has 0 bridgehead atoms. The Morgan fingerprint density at radius 1 is 1.47 bits per heavy atom. The van der Waals surface area contributed by atoms with Gasteiger partial charge in [-0.25, -0.2) is 0 Å². The first-order valence-electron chi connectivity index (χ1n) is 6.04. The molecule has 0 amide bonds. The number of nitrogens with zero attached hydrogens (tertiary/aromatic N) is 2. The summed E-state index contributed by atoms with van der Waals surface area (Å²) in [5.74, 6) is 0. The molecule has 1 unspecified atom stereocenters. The molecule has 1 heterocycles. The van der Waals surface area contributed by atoms with Crippen molar-refractivity contribution in [2.75, 3.05) is 46.4 Å². The van der Waals surface area contributed by atoms with E-state index in [2.05, 4.69) is 16.8 Å². The van der Waals surface area contributed by atoms with Crippen LogP contribution in [0.15, 0.2) is 0 Å². The van der Waals surface area contributed by atoms with E-state index in [9.17, 15) is 0 Å². The van der Waals surface area contributed by atoms with Crippen molar-refractivity contribution >= 4 is 0 Å². The lowest BCUT2D eigenvalue weighted by Gasteiger charge is -2.33. The van der Waals surface area contributed by atoms with E-state index in [1.807, 2.05) is 0 Å². The van der Waals surface area contributed by atoms with Crippen LogP contribution in [0.2, 0.25) is 0 Å². The molecule has 1 saturated carbocycles. The first-order valence-corrected chi connectivity index (χ1v) is 6.04. The van der Waals surface area contributed by atoms with Crippen LogP contribution in [0, 0.1) is 0 Å². The van der Waals surface area contributed by atoms with Crippen molar-refractivity contribution < 1.29 is 4.74 Å². The normalized spacial score (nSPS) is 28.6. The van der Waals surface area contributed by atoms with Crippen molar-refractivity contribution in [1.29, 1.82) is 0 Å². The average Bonchev–Trinajstić information content (AvgIpc) is 3.00. The molecule has 15 heavy (non-hydrogen) atoms. The van der Waals surface area contributed by atoms with Gasteiger partial charge in [-0.3, -0.25) is 4.90 Å². The molecule has 1 atom stereocenters. The van der Waals surface area contributed by atoms with Crippen molar-refractivity contribution in [2.24, 2.45) is 5.73 Å². The van der Waals surface area contributed by atoms with E-state index in [1.165, 1.54) is 12.8 Å². The summed E-state index contributed by atoms with van der Waals surface area (Å²) in [6.07, 6.45) is 3.08. The molecule has 0 aromatic heterocycles. The van der Waals surface area contributed by atoms with Crippen LogP contribution in [0.1, 0.15) is 12.8 Å². The summed E-state index contributed by atoms with van der Waals surface area (Å²) in [5.41, 5.74) is 5.63. The van der Waals surface area contributed by atoms with Gasteiger partial charge in [-0.15, -0.1) is 0 Å². The molecule has 4 heteroatoms. The van der Waals surface area contributed by atoms with Crippen molar-refractivity contribution in [3.63, 3.8) is 0 Å². The lowest BCUT2D eigenvalue weighted by molar-refractivity contribution is -0.0363. The van der Waals surface area contributed by atoms with Gasteiger partial charge in [0.1, 0.15) is 0 Å². The van der Waals surface area contributed by atoms with Gasteiger partial charge in [-0.2, -0.15) is 0 Å². The van der Waals surface area contributed by atoms with Crippen LogP contribution in [0.4, 0.5) is 0 Å². The highest BCUT2D eigenvalue weighted by atomic mass is 16.5. The Labute approximate surface area is 92.4 Å². The van der Waals surface area contributed by atoms with E-state index < -0.39 is 0 Å². The summed E-state index contributed by atoms with van der Waals surface area (Å²) >= 11 is 0. The molecule has 4 nitrogen and oxygen atoms in total. The van der Waals surface area contributed by atoms with Crippen LogP contribution in [-0.4, -0.2) is 68.3 Å². The number of hydrogen-bond acceptors (Lipinski definition) is 4. The summed E-state index contributed by atoms with van der Waals surface area (Å²) < 4.78 is 5.78. The second-order valence-corrected chi connectivity index (χ2v) is 4.77. The Balaban J connectivity index is 1.77. The molecular formula is C11H23N3O.